The lowest BCUT2D eigenvalue weighted by Crippen LogP contribution is -2.24. The molecule has 2 aromatic rings. The number of hydrogen-bond donors (Lipinski definition) is 2. The van der Waals surface area contributed by atoms with Crippen molar-refractivity contribution in [2.24, 2.45) is 5.10 Å². The number of carbonyl (C=O) groups is 2. The van der Waals surface area contributed by atoms with Gasteiger partial charge >= 0.3 is 0 Å². The number of nitrogens with one attached hydrogen (secondary N) is 2. The Morgan fingerprint density at radius 3 is 2.48 bits per heavy atom. The first-order valence-corrected chi connectivity index (χ1v) is 10.6. The molecule has 0 radical (unpaired) electrons. The fraction of sp³-hybridized carbons (Fsp3) is 0.318. The van der Waals surface area contributed by atoms with Gasteiger partial charge in [-0.25, -0.2) is 5.43 Å². The highest BCUT2D eigenvalue weighted by molar-refractivity contribution is 9.10. The molecule has 2 aromatic carbocycles. The fourth-order valence-electron chi connectivity index (χ4n) is 2.51. The zero-order valence-corrected chi connectivity index (χ0v) is 19.3. The largest absolute Gasteiger partial charge is 0.497 e. The number of halogens is 1. The van der Waals surface area contributed by atoms with E-state index in [-0.39, 0.29) is 6.42 Å². The van der Waals surface area contributed by atoms with Crippen molar-refractivity contribution >= 4 is 39.6 Å². The number of anilines is 1. The normalized spacial score (nSPS) is 10.6. The number of hydrogen-bond acceptors (Lipinski definition) is 6. The molecule has 166 valence electrons. The molecule has 8 nitrogen and oxygen atoms in total. The van der Waals surface area contributed by atoms with Crippen molar-refractivity contribution in [2.75, 3.05) is 25.6 Å². The molecule has 0 fully saturated rings. The number of carbonyl (C=O) groups excluding carboxylic acids is 2. The number of benzene rings is 2. The Hall–Kier alpha value is -3.07. The van der Waals surface area contributed by atoms with Crippen molar-refractivity contribution in [3.05, 3.63) is 46.4 Å². The summed E-state index contributed by atoms with van der Waals surface area (Å²) in [6.45, 7) is 4.96. The van der Waals surface area contributed by atoms with E-state index in [1.807, 2.05) is 13.8 Å². The highest BCUT2D eigenvalue weighted by Crippen LogP contribution is 2.36. The van der Waals surface area contributed by atoms with E-state index >= 15 is 0 Å². The Bertz CT molecular complexity index is 916. The number of methoxy groups -OCH3 is 1. The molecular weight excluding hydrogens is 466 g/mol. The summed E-state index contributed by atoms with van der Waals surface area (Å²) in [4.78, 5) is 24.0. The molecule has 0 saturated heterocycles. The summed E-state index contributed by atoms with van der Waals surface area (Å²) in [5, 5.41) is 6.56. The van der Waals surface area contributed by atoms with Gasteiger partial charge in [-0.1, -0.05) is 6.92 Å². The SMILES string of the molecule is CCCOc1c(Br)cc(C=NNC(=O)CC(=O)Nc2ccc(OC)cc2)cc1OCC. The third-order valence-electron chi connectivity index (χ3n) is 3.88. The van der Waals surface area contributed by atoms with E-state index in [2.05, 4.69) is 31.8 Å². The second-order valence-electron chi connectivity index (χ2n) is 6.36. The summed E-state index contributed by atoms with van der Waals surface area (Å²) in [6, 6.07) is 10.4. The first-order chi connectivity index (χ1) is 15.0. The van der Waals surface area contributed by atoms with Crippen LogP contribution in [-0.4, -0.2) is 38.4 Å². The fourth-order valence-corrected chi connectivity index (χ4v) is 3.09. The average Bonchev–Trinajstić information content (AvgIpc) is 2.74. The third kappa shape index (κ3) is 7.93. The summed E-state index contributed by atoms with van der Waals surface area (Å²) in [7, 11) is 1.56. The van der Waals surface area contributed by atoms with Crippen LogP contribution in [0.4, 0.5) is 5.69 Å². The maximum absolute atomic E-state index is 12.0. The Morgan fingerprint density at radius 2 is 1.84 bits per heavy atom. The molecule has 2 amide bonds. The molecule has 0 unspecified atom stereocenters. The van der Waals surface area contributed by atoms with Gasteiger partial charge in [-0.2, -0.15) is 5.10 Å². The van der Waals surface area contributed by atoms with Gasteiger partial charge in [-0.05, 0) is 71.2 Å². The van der Waals surface area contributed by atoms with Gasteiger partial charge in [0.2, 0.25) is 11.8 Å². The van der Waals surface area contributed by atoms with Crippen LogP contribution in [0.2, 0.25) is 0 Å². The van der Waals surface area contributed by atoms with Gasteiger partial charge in [-0.15, -0.1) is 0 Å². The van der Waals surface area contributed by atoms with Crippen LogP contribution >= 0.6 is 15.9 Å². The van der Waals surface area contributed by atoms with E-state index < -0.39 is 11.8 Å². The minimum Gasteiger partial charge on any atom is -0.497 e. The molecule has 9 heteroatoms. The predicted molar refractivity (Wildman–Crippen MR) is 123 cm³/mol. The molecule has 0 aliphatic rings. The average molecular weight is 492 g/mol. The van der Waals surface area contributed by atoms with Gasteiger partial charge in [0.05, 0.1) is 31.0 Å². The van der Waals surface area contributed by atoms with Crippen LogP contribution < -0.4 is 25.0 Å². The molecule has 0 aliphatic carbocycles. The van der Waals surface area contributed by atoms with Gasteiger partial charge in [0, 0.05) is 5.69 Å². The quantitative estimate of drug-likeness (QED) is 0.279. The molecule has 0 atom stereocenters. The molecule has 2 rings (SSSR count). The van der Waals surface area contributed by atoms with Crippen LogP contribution in [0.25, 0.3) is 0 Å². The van der Waals surface area contributed by atoms with Crippen molar-refractivity contribution < 1.29 is 23.8 Å². The highest BCUT2D eigenvalue weighted by atomic mass is 79.9. The van der Waals surface area contributed by atoms with Gasteiger partial charge in [0.1, 0.15) is 12.2 Å². The van der Waals surface area contributed by atoms with Crippen LogP contribution in [0.15, 0.2) is 46.0 Å². The van der Waals surface area contributed by atoms with Crippen LogP contribution in [0.5, 0.6) is 17.2 Å². The monoisotopic (exact) mass is 491 g/mol. The smallest absolute Gasteiger partial charge is 0.249 e. The molecule has 0 heterocycles. The Labute approximate surface area is 190 Å². The minimum absolute atomic E-state index is 0.360. The van der Waals surface area contributed by atoms with Crippen LogP contribution in [0.3, 0.4) is 0 Å². The summed E-state index contributed by atoms with van der Waals surface area (Å²) in [6.07, 6.45) is 1.98. The van der Waals surface area contributed by atoms with Gasteiger partial charge in [-0.3, -0.25) is 9.59 Å². The lowest BCUT2D eigenvalue weighted by Gasteiger charge is -2.14. The van der Waals surface area contributed by atoms with E-state index in [0.29, 0.717) is 41.7 Å². The molecule has 0 spiro atoms. The van der Waals surface area contributed by atoms with Crippen molar-refractivity contribution in [2.45, 2.75) is 26.7 Å². The van der Waals surface area contributed by atoms with Gasteiger partial charge in [0.15, 0.2) is 11.5 Å². The number of nitrogens with zero attached hydrogens (tertiary/aromatic N) is 1. The number of ether oxygens (including phenoxy) is 3. The van der Waals surface area contributed by atoms with E-state index in [0.717, 1.165) is 10.9 Å². The van der Waals surface area contributed by atoms with E-state index in [1.165, 1.54) is 6.21 Å². The van der Waals surface area contributed by atoms with Crippen LogP contribution in [0.1, 0.15) is 32.3 Å². The highest BCUT2D eigenvalue weighted by Gasteiger charge is 2.12. The number of amides is 2. The first-order valence-electron chi connectivity index (χ1n) is 9.81. The zero-order valence-electron chi connectivity index (χ0n) is 17.7. The molecule has 0 saturated carbocycles. The minimum atomic E-state index is -0.533. The van der Waals surface area contributed by atoms with Gasteiger partial charge < -0.3 is 19.5 Å². The van der Waals surface area contributed by atoms with E-state index in [4.69, 9.17) is 14.2 Å². The summed E-state index contributed by atoms with van der Waals surface area (Å²) < 4.78 is 17.2. The second-order valence-corrected chi connectivity index (χ2v) is 7.21. The van der Waals surface area contributed by atoms with Crippen molar-refractivity contribution in [3.63, 3.8) is 0 Å². The van der Waals surface area contributed by atoms with Crippen LogP contribution in [-0.2, 0) is 9.59 Å². The number of rotatable bonds is 11. The Morgan fingerprint density at radius 1 is 1.10 bits per heavy atom. The summed E-state index contributed by atoms with van der Waals surface area (Å²) in [5.41, 5.74) is 3.61. The molecule has 31 heavy (non-hydrogen) atoms. The molecule has 0 aromatic heterocycles. The Balaban J connectivity index is 1.92. The molecule has 0 aliphatic heterocycles. The van der Waals surface area contributed by atoms with Crippen molar-refractivity contribution in [1.82, 2.24) is 5.43 Å². The summed E-state index contributed by atoms with van der Waals surface area (Å²) >= 11 is 3.48. The Kier molecular flexibility index (Phi) is 9.83. The van der Waals surface area contributed by atoms with E-state index in [9.17, 15) is 9.59 Å². The third-order valence-corrected chi connectivity index (χ3v) is 4.47. The molecule has 2 N–H and O–H groups in total. The maximum Gasteiger partial charge on any atom is 0.249 e. The van der Waals surface area contributed by atoms with Crippen molar-refractivity contribution in [3.8, 4) is 17.2 Å². The maximum atomic E-state index is 12.0. The summed E-state index contributed by atoms with van der Waals surface area (Å²) in [5.74, 6) is 0.900. The lowest BCUT2D eigenvalue weighted by molar-refractivity contribution is -0.126. The second kappa shape index (κ2) is 12.6. The lowest BCUT2D eigenvalue weighted by atomic mass is 10.2. The van der Waals surface area contributed by atoms with Crippen molar-refractivity contribution in [1.29, 1.82) is 0 Å². The molecule has 0 bridgehead atoms. The first kappa shape index (κ1) is 24.2. The van der Waals surface area contributed by atoms with E-state index in [1.54, 1.807) is 43.5 Å². The molecular formula is C22H26BrN3O5. The topological polar surface area (TPSA) is 98.2 Å². The van der Waals surface area contributed by atoms with Gasteiger partial charge in [0.25, 0.3) is 0 Å². The standard InChI is InChI=1S/C22H26BrN3O5/c1-4-10-31-22-18(23)11-15(12-19(22)30-5-2)14-24-26-21(28)13-20(27)25-16-6-8-17(29-3)9-7-16/h6-9,11-12,14H,4-5,10,13H2,1-3H3,(H,25,27)(H,26,28). The zero-order chi connectivity index (χ0) is 22.6. The number of hydrazone groups is 1. The predicted octanol–water partition coefficient (Wildman–Crippen LogP) is 4.12. The van der Waals surface area contributed by atoms with Crippen LogP contribution in [0, 0.1) is 0 Å².